The van der Waals surface area contributed by atoms with E-state index in [1.54, 1.807) is 0 Å². The van der Waals surface area contributed by atoms with E-state index in [2.05, 4.69) is 38.6 Å². The monoisotopic (exact) mass is 294 g/mol. The van der Waals surface area contributed by atoms with Gasteiger partial charge in [0.1, 0.15) is 0 Å². The zero-order valence-corrected chi connectivity index (χ0v) is 14.4. The van der Waals surface area contributed by atoms with Gasteiger partial charge in [0.25, 0.3) is 0 Å². The molecule has 3 nitrogen and oxygen atoms in total. The first-order valence-electron chi connectivity index (χ1n) is 6.94. The molecule has 1 aromatic carbocycles. The van der Waals surface area contributed by atoms with Crippen LogP contribution in [0, 0.1) is 0 Å². The number of carbonyl (C=O) groups is 1. The maximum atomic E-state index is 11.2. The lowest BCUT2D eigenvalue weighted by atomic mass is 10.1. The normalized spacial score (nSPS) is 12.3. The fourth-order valence-corrected chi connectivity index (χ4v) is 2.43. The van der Waals surface area contributed by atoms with Gasteiger partial charge in [-0.05, 0) is 29.3 Å². The second kappa shape index (κ2) is 6.55. The van der Waals surface area contributed by atoms with Crippen molar-refractivity contribution in [2.45, 2.75) is 51.9 Å². The van der Waals surface area contributed by atoms with Gasteiger partial charge in [-0.1, -0.05) is 45.0 Å². The summed E-state index contributed by atoms with van der Waals surface area (Å²) >= 11 is 0. The van der Waals surface area contributed by atoms with Crippen LogP contribution >= 0.6 is 0 Å². The minimum atomic E-state index is -1.71. The average Bonchev–Trinajstić information content (AvgIpc) is 2.36. The lowest BCUT2D eigenvalue weighted by Gasteiger charge is -2.36. The van der Waals surface area contributed by atoms with Crippen LogP contribution in [-0.4, -0.2) is 21.4 Å². The van der Waals surface area contributed by atoms with Crippen molar-refractivity contribution in [3.8, 4) is 0 Å². The molecule has 0 saturated heterocycles. The third-order valence-electron chi connectivity index (χ3n) is 4.00. The van der Waals surface area contributed by atoms with E-state index < -0.39 is 8.32 Å². The molecule has 0 spiro atoms. The van der Waals surface area contributed by atoms with Gasteiger partial charge in [-0.25, -0.2) is 0 Å². The fourth-order valence-electron chi connectivity index (χ4n) is 1.47. The SMILES string of the molecule is COC(=O)Cc1ccc(CO[Si](C)(C)C(C)(C)C)cc1. The molecule has 0 atom stereocenters. The minimum Gasteiger partial charge on any atom is -0.469 e. The van der Waals surface area contributed by atoms with Crippen LogP contribution in [0.4, 0.5) is 0 Å². The highest BCUT2D eigenvalue weighted by Crippen LogP contribution is 2.37. The second-order valence-corrected chi connectivity index (χ2v) is 11.4. The number of hydrogen-bond acceptors (Lipinski definition) is 3. The summed E-state index contributed by atoms with van der Waals surface area (Å²) in [6.45, 7) is 11.8. The fraction of sp³-hybridized carbons (Fsp3) is 0.562. The van der Waals surface area contributed by atoms with Crippen LogP contribution in [-0.2, 0) is 27.0 Å². The van der Waals surface area contributed by atoms with Gasteiger partial charge in [-0.15, -0.1) is 0 Å². The highest BCUT2D eigenvalue weighted by atomic mass is 28.4. The van der Waals surface area contributed by atoms with Crippen LogP contribution in [0.5, 0.6) is 0 Å². The van der Waals surface area contributed by atoms with Crippen LogP contribution in [0.2, 0.25) is 18.1 Å². The van der Waals surface area contributed by atoms with E-state index in [1.165, 1.54) is 7.11 Å². The van der Waals surface area contributed by atoms with Crippen molar-refractivity contribution in [3.05, 3.63) is 35.4 Å². The van der Waals surface area contributed by atoms with Crippen molar-refractivity contribution < 1.29 is 14.0 Å². The molecule has 0 radical (unpaired) electrons. The molecular formula is C16H26O3Si. The van der Waals surface area contributed by atoms with Gasteiger partial charge in [-0.2, -0.15) is 0 Å². The molecule has 112 valence electrons. The number of esters is 1. The number of ether oxygens (including phenoxy) is 1. The third-order valence-corrected chi connectivity index (χ3v) is 8.48. The molecule has 0 aliphatic rings. The molecule has 0 unspecified atom stereocenters. The summed E-state index contributed by atoms with van der Waals surface area (Å²) in [5.41, 5.74) is 2.11. The Balaban J connectivity index is 2.60. The van der Waals surface area contributed by atoms with E-state index in [1.807, 2.05) is 24.3 Å². The van der Waals surface area contributed by atoms with Crippen molar-refractivity contribution in [1.82, 2.24) is 0 Å². The topological polar surface area (TPSA) is 35.5 Å². The van der Waals surface area contributed by atoms with Crippen LogP contribution in [0.15, 0.2) is 24.3 Å². The molecule has 20 heavy (non-hydrogen) atoms. The van der Waals surface area contributed by atoms with Gasteiger partial charge in [0.05, 0.1) is 20.1 Å². The molecule has 0 amide bonds. The van der Waals surface area contributed by atoms with Crippen molar-refractivity contribution >= 4 is 14.3 Å². The largest absolute Gasteiger partial charge is 0.469 e. The van der Waals surface area contributed by atoms with Crippen molar-refractivity contribution in [2.24, 2.45) is 0 Å². The van der Waals surface area contributed by atoms with Crippen LogP contribution in [0.3, 0.4) is 0 Å². The Labute approximate surface area is 123 Å². The molecule has 0 N–H and O–H groups in total. The summed E-state index contributed by atoms with van der Waals surface area (Å²) in [5.74, 6) is -0.213. The number of hydrogen-bond donors (Lipinski definition) is 0. The first-order chi connectivity index (χ1) is 9.15. The first-order valence-corrected chi connectivity index (χ1v) is 9.85. The van der Waals surface area contributed by atoms with E-state index in [9.17, 15) is 4.79 Å². The molecule has 4 heteroatoms. The smallest absolute Gasteiger partial charge is 0.309 e. The Kier molecular flexibility index (Phi) is 5.54. The van der Waals surface area contributed by atoms with Crippen LogP contribution < -0.4 is 0 Å². The van der Waals surface area contributed by atoms with Gasteiger partial charge in [-0.3, -0.25) is 4.79 Å². The predicted molar refractivity (Wildman–Crippen MR) is 84.1 cm³/mol. The summed E-state index contributed by atoms with van der Waals surface area (Å²) in [6, 6.07) is 7.96. The van der Waals surface area contributed by atoms with Crippen LogP contribution in [0.1, 0.15) is 31.9 Å². The zero-order chi connectivity index (χ0) is 15.4. The highest BCUT2D eigenvalue weighted by Gasteiger charge is 2.36. The highest BCUT2D eigenvalue weighted by molar-refractivity contribution is 6.74. The van der Waals surface area contributed by atoms with Crippen molar-refractivity contribution in [3.63, 3.8) is 0 Å². The Morgan fingerprint density at radius 3 is 2.05 bits per heavy atom. The van der Waals surface area contributed by atoms with E-state index in [-0.39, 0.29) is 11.0 Å². The summed E-state index contributed by atoms with van der Waals surface area (Å²) in [4.78, 5) is 11.2. The summed E-state index contributed by atoms with van der Waals surface area (Å²) in [7, 11) is -0.301. The number of rotatable bonds is 5. The molecule has 0 aromatic heterocycles. The van der Waals surface area contributed by atoms with E-state index in [4.69, 9.17) is 4.43 Å². The molecular weight excluding hydrogens is 268 g/mol. The van der Waals surface area contributed by atoms with Crippen molar-refractivity contribution in [1.29, 1.82) is 0 Å². The summed E-state index contributed by atoms with van der Waals surface area (Å²) in [5, 5.41) is 0.220. The third kappa shape index (κ3) is 4.76. The summed E-state index contributed by atoms with van der Waals surface area (Å²) < 4.78 is 10.8. The number of benzene rings is 1. The minimum absolute atomic E-state index is 0.213. The maximum absolute atomic E-state index is 11.2. The van der Waals surface area contributed by atoms with Gasteiger partial charge in [0.2, 0.25) is 0 Å². The van der Waals surface area contributed by atoms with E-state index >= 15 is 0 Å². The molecule has 0 aliphatic carbocycles. The predicted octanol–water partition coefficient (Wildman–Crippen LogP) is 3.92. The van der Waals surface area contributed by atoms with Gasteiger partial charge >= 0.3 is 5.97 Å². The molecule has 0 heterocycles. The van der Waals surface area contributed by atoms with Gasteiger partial charge in [0.15, 0.2) is 8.32 Å². The van der Waals surface area contributed by atoms with E-state index in [0.717, 1.165) is 11.1 Å². The molecule has 0 bridgehead atoms. The lowest BCUT2D eigenvalue weighted by Crippen LogP contribution is -2.40. The van der Waals surface area contributed by atoms with Crippen molar-refractivity contribution in [2.75, 3.05) is 7.11 Å². The number of carbonyl (C=O) groups excluding carboxylic acids is 1. The second-order valence-electron chi connectivity index (χ2n) is 6.62. The molecule has 0 saturated carbocycles. The first kappa shape index (κ1) is 16.9. The Bertz CT molecular complexity index is 444. The Morgan fingerprint density at radius 1 is 1.10 bits per heavy atom. The van der Waals surface area contributed by atoms with E-state index in [0.29, 0.717) is 13.0 Å². The van der Waals surface area contributed by atoms with Crippen LogP contribution in [0.25, 0.3) is 0 Å². The standard InChI is InChI=1S/C16H26O3Si/c1-16(2,3)20(5,6)19-12-14-9-7-13(8-10-14)11-15(17)18-4/h7-10H,11-12H2,1-6H3. The quantitative estimate of drug-likeness (QED) is 0.610. The summed E-state index contributed by atoms with van der Waals surface area (Å²) in [6.07, 6.45) is 0.319. The number of methoxy groups -OCH3 is 1. The lowest BCUT2D eigenvalue weighted by molar-refractivity contribution is -0.139. The molecule has 0 aliphatic heterocycles. The molecule has 1 rings (SSSR count). The van der Waals surface area contributed by atoms with Gasteiger partial charge < -0.3 is 9.16 Å². The average molecular weight is 294 g/mol. The zero-order valence-electron chi connectivity index (χ0n) is 13.4. The molecule has 0 fully saturated rings. The van der Waals surface area contributed by atoms with Gasteiger partial charge in [0, 0.05) is 0 Å². The molecule has 1 aromatic rings. The maximum Gasteiger partial charge on any atom is 0.309 e. The Hall–Kier alpha value is -1.13. The Morgan fingerprint density at radius 2 is 1.60 bits per heavy atom.